The molecule has 1 aromatic carbocycles. The van der Waals surface area contributed by atoms with Gasteiger partial charge in [0, 0.05) is 44.3 Å². The number of nitrogens with zero attached hydrogens (tertiary/aromatic N) is 4. The van der Waals surface area contributed by atoms with E-state index in [-0.39, 0.29) is 0 Å². The van der Waals surface area contributed by atoms with Crippen molar-refractivity contribution in [2.45, 2.75) is 13.1 Å². The molecule has 0 fully saturated rings. The van der Waals surface area contributed by atoms with E-state index in [9.17, 15) is 0 Å². The number of imidazole rings is 1. The first-order valence-corrected chi connectivity index (χ1v) is 8.99. The highest BCUT2D eigenvalue weighted by molar-refractivity contribution is 5.79. The maximum atomic E-state index is 5.70. The van der Waals surface area contributed by atoms with Crippen LogP contribution in [0.25, 0.3) is 5.82 Å². The summed E-state index contributed by atoms with van der Waals surface area (Å²) in [5.41, 5.74) is 2.15. The van der Waals surface area contributed by atoms with E-state index in [0.717, 1.165) is 22.7 Å². The Morgan fingerprint density at radius 2 is 2.07 bits per heavy atom. The third-order valence-corrected chi connectivity index (χ3v) is 4.04. The van der Waals surface area contributed by atoms with Gasteiger partial charge < -0.3 is 15.4 Å². The van der Waals surface area contributed by atoms with Crippen LogP contribution in [0, 0.1) is 0 Å². The van der Waals surface area contributed by atoms with Crippen molar-refractivity contribution >= 4 is 5.96 Å². The number of guanidine groups is 1. The normalized spacial score (nSPS) is 11.1. The molecule has 0 amide bonds. The van der Waals surface area contributed by atoms with Crippen molar-refractivity contribution in [1.29, 1.82) is 0 Å². The summed E-state index contributed by atoms with van der Waals surface area (Å²) in [6, 6.07) is 11.9. The molecule has 0 unspecified atom stereocenters. The van der Waals surface area contributed by atoms with E-state index in [4.69, 9.17) is 4.74 Å². The summed E-state index contributed by atoms with van der Waals surface area (Å²) in [6.45, 7) is 5.39. The van der Waals surface area contributed by atoms with Crippen LogP contribution < -0.4 is 15.4 Å². The van der Waals surface area contributed by atoms with Crippen molar-refractivity contribution in [3.8, 4) is 11.6 Å². The molecule has 0 saturated carbocycles. The fourth-order valence-corrected chi connectivity index (χ4v) is 2.63. The van der Waals surface area contributed by atoms with Gasteiger partial charge in [0.15, 0.2) is 5.96 Å². The molecule has 2 aromatic heterocycles. The van der Waals surface area contributed by atoms with Crippen molar-refractivity contribution in [3.05, 3.63) is 85.1 Å². The van der Waals surface area contributed by atoms with Crippen molar-refractivity contribution in [1.82, 2.24) is 25.2 Å². The van der Waals surface area contributed by atoms with Gasteiger partial charge >= 0.3 is 0 Å². The number of benzene rings is 1. The van der Waals surface area contributed by atoms with E-state index in [2.05, 4.69) is 32.2 Å². The lowest BCUT2D eigenvalue weighted by Gasteiger charge is -2.14. The number of pyridine rings is 1. The van der Waals surface area contributed by atoms with Crippen LogP contribution in [0.2, 0.25) is 0 Å². The average molecular weight is 376 g/mol. The highest BCUT2D eigenvalue weighted by atomic mass is 16.5. The number of para-hydroxylation sites is 1. The zero-order valence-corrected chi connectivity index (χ0v) is 15.9. The second-order valence-electron chi connectivity index (χ2n) is 5.98. The number of hydrogen-bond donors (Lipinski definition) is 2. The van der Waals surface area contributed by atoms with Gasteiger partial charge in [-0.15, -0.1) is 0 Å². The number of rotatable bonds is 8. The van der Waals surface area contributed by atoms with Crippen LogP contribution >= 0.6 is 0 Å². The van der Waals surface area contributed by atoms with Gasteiger partial charge in [0.05, 0.1) is 0 Å². The molecule has 7 nitrogen and oxygen atoms in total. The zero-order chi connectivity index (χ0) is 19.6. The molecule has 0 spiro atoms. The largest absolute Gasteiger partial charge is 0.489 e. The maximum Gasteiger partial charge on any atom is 0.191 e. The SMILES string of the molecule is C=CCOc1ccccc1CNC(=NC)NCc1ccnc(-n2ccnc2)c1. The van der Waals surface area contributed by atoms with E-state index in [1.54, 1.807) is 31.8 Å². The fourth-order valence-electron chi connectivity index (χ4n) is 2.63. The molecule has 0 radical (unpaired) electrons. The van der Waals surface area contributed by atoms with E-state index in [1.807, 2.05) is 47.2 Å². The average Bonchev–Trinajstić information content (AvgIpc) is 3.28. The predicted octanol–water partition coefficient (Wildman–Crippen LogP) is 2.70. The minimum absolute atomic E-state index is 0.477. The standard InChI is InChI=1S/C21H24N6O/c1-3-12-28-19-7-5-4-6-18(19)15-26-21(22-2)25-14-17-8-9-24-20(13-17)27-11-10-23-16-27/h3-11,13,16H,1,12,14-15H2,2H3,(H2,22,25,26). The van der Waals surface area contributed by atoms with Crippen molar-refractivity contribution in [2.75, 3.05) is 13.7 Å². The molecule has 0 saturated heterocycles. The van der Waals surface area contributed by atoms with Crippen LogP contribution in [-0.2, 0) is 13.1 Å². The summed E-state index contributed by atoms with van der Waals surface area (Å²) < 4.78 is 7.57. The second kappa shape index (κ2) is 9.91. The van der Waals surface area contributed by atoms with E-state index < -0.39 is 0 Å². The Kier molecular flexibility index (Phi) is 6.78. The highest BCUT2D eigenvalue weighted by Gasteiger charge is 2.05. The quantitative estimate of drug-likeness (QED) is 0.359. The fraction of sp³-hybridized carbons (Fsp3) is 0.190. The Bertz CT molecular complexity index is 920. The summed E-state index contributed by atoms with van der Waals surface area (Å²) in [6.07, 6.45) is 8.85. The molecule has 0 atom stereocenters. The van der Waals surface area contributed by atoms with Gasteiger partial charge in [-0.1, -0.05) is 30.9 Å². The van der Waals surface area contributed by atoms with Crippen molar-refractivity contribution < 1.29 is 4.74 Å². The molecule has 28 heavy (non-hydrogen) atoms. The number of hydrogen-bond acceptors (Lipinski definition) is 4. The molecule has 0 aliphatic carbocycles. The first kappa shape index (κ1) is 19.2. The zero-order valence-electron chi connectivity index (χ0n) is 15.9. The summed E-state index contributed by atoms with van der Waals surface area (Å²) >= 11 is 0. The molecule has 7 heteroatoms. The number of aliphatic imine (C=N–C) groups is 1. The molecule has 3 aromatic rings. The predicted molar refractivity (Wildman–Crippen MR) is 111 cm³/mol. The molecule has 0 bridgehead atoms. The third-order valence-electron chi connectivity index (χ3n) is 4.04. The topological polar surface area (TPSA) is 76.4 Å². The molecule has 2 N–H and O–H groups in total. The lowest BCUT2D eigenvalue weighted by atomic mass is 10.2. The number of ether oxygens (including phenoxy) is 1. The molecule has 3 rings (SSSR count). The Balaban J connectivity index is 1.57. The summed E-state index contributed by atoms with van der Waals surface area (Å²) in [5.74, 6) is 2.37. The smallest absolute Gasteiger partial charge is 0.191 e. The summed E-state index contributed by atoms with van der Waals surface area (Å²) in [4.78, 5) is 12.7. The van der Waals surface area contributed by atoms with Gasteiger partial charge in [-0.3, -0.25) is 9.56 Å². The van der Waals surface area contributed by atoms with Crippen LogP contribution in [0.4, 0.5) is 0 Å². The van der Waals surface area contributed by atoms with Gasteiger partial charge in [0.2, 0.25) is 0 Å². The van der Waals surface area contributed by atoms with Crippen LogP contribution in [0.1, 0.15) is 11.1 Å². The minimum Gasteiger partial charge on any atom is -0.489 e. The summed E-state index contributed by atoms with van der Waals surface area (Å²) in [5, 5.41) is 6.64. The molecule has 144 valence electrons. The molecular weight excluding hydrogens is 352 g/mol. The molecule has 0 aliphatic heterocycles. The van der Waals surface area contributed by atoms with Gasteiger partial charge in [-0.2, -0.15) is 0 Å². The van der Waals surface area contributed by atoms with E-state index in [0.29, 0.717) is 25.7 Å². The number of aromatic nitrogens is 3. The second-order valence-corrected chi connectivity index (χ2v) is 5.98. The molecular formula is C21H24N6O. The van der Waals surface area contributed by atoms with Crippen molar-refractivity contribution in [3.63, 3.8) is 0 Å². The van der Waals surface area contributed by atoms with Gasteiger partial charge in [0.1, 0.15) is 24.5 Å². The molecule has 0 aliphatic rings. The van der Waals surface area contributed by atoms with E-state index >= 15 is 0 Å². The van der Waals surface area contributed by atoms with Crippen LogP contribution in [0.15, 0.2) is 79.0 Å². The van der Waals surface area contributed by atoms with Crippen LogP contribution in [-0.4, -0.2) is 34.1 Å². The Labute approximate surface area is 164 Å². The molecule has 2 heterocycles. The van der Waals surface area contributed by atoms with Crippen molar-refractivity contribution in [2.24, 2.45) is 4.99 Å². The highest BCUT2D eigenvalue weighted by Crippen LogP contribution is 2.17. The first-order chi connectivity index (χ1) is 13.8. The van der Waals surface area contributed by atoms with Gasteiger partial charge in [-0.25, -0.2) is 9.97 Å². The van der Waals surface area contributed by atoms with Crippen LogP contribution in [0.3, 0.4) is 0 Å². The van der Waals surface area contributed by atoms with Gasteiger partial charge in [0.25, 0.3) is 0 Å². The van der Waals surface area contributed by atoms with Crippen LogP contribution in [0.5, 0.6) is 5.75 Å². The maximum absolute atomic E-state index is 5.70. The Morgan fingerprint density at radius 3 is 2.86 bits per heavy atom. The minimum atomic E-state index is 0.477. The van der Waals surface area contributed by atoms with E-state index in [1.165, 1.54) is 0 Å². The lowest BCUT2D eigenvalue weighted by Crippen LogP contribution is -2.36. The lowest BCUT2D eigenvalue weighted by molar-refractivity contribution is 0.358. The first-order valence-electron chi connectivity index (χ1n) is 8.99. The number of nitrogens with one attached hydrogen (secondary N) is 2. The Morgan fingerprint density at radius 1 is 1.21 bits per heavy atom. The summed E-state index contributed by atoms with van der Waals surface area (Å²) in [7, 11) is 1.75. The Hall–Kier alpha value is -3.61. The van der Waals surface area contributed by atoms with Gasteiger partial charge in [-0.05, 0) is 23.8 Å². The third kappa shape index (κ3) is 5.20. The monoisotopic (exact) mass is 376 g/mol.